The lowest BCUT2D eigenvalue weighted by Crippen LogP contribution is -2.49. The van der Waals surface area contributed by atoms with Gasteiger partial charge >= 0.3 is 6.03 Å². The van der Waals surface area contributed by atoms with Crippen molar-refractivity contribution in [3.8, 4) is 5.75 Å². The third-order valence-electron chi connectivity index (χ3n) is 6.46. The molecule has 0 radical (unpaired) electrons. The molecule has 0 heterocycles. The summed E-state index contributed by atoms with van der Waals surface area (Å²) in [7, 11) is 0. The van der Waals surface area contributed by atoms with Crippen LogP contribution in [0.4, 0.5) is 4.79 Å². The third kappa shape index (κ3) is 2.34. The van der Waals surface area contributed by atoms with E-state index < -0.39 is 0 Å². The van der Waals surface area contributed by atoms with Gasteiger partial charge in [-0.15, -0.1) is 0 Å². The Hall–Kier alpha value is -1.71. The van der Waals surface area contributed by atoms with Gasteiger partial charge in [-0.05, 0) is 53.7 Å². The van der Waals surface area contributed by atoms with Crippen LogP contribution in [0.5, 0.6) is 5.75 Å². The molecule has 2 amide bonds. The number of nitrogens with one attached hydrogen (secondary N) is 2. The third-order valence-corrected chi connectivity index (χ3v) is 6.46. The number of hydrogen-bond donors (Lipinski definition) is 3. The summed E-state index contributed by atoms with van der Waals surface area (Å²) < 4.78 is 0. The van der Waals surface area contributed by atoms with Crippen molar-refractivity contribution in [1.82, 2.24) is 10.6 Å². The Morgan fingerprint density at radius 2 is 2.14 bits per heavy atom. The first-order valence-corrected chi connectivity index (χ1v) is 8.15. The molecule has 0 aliphatic heterocycles. The van der Waals surface area contributed by atoms with Gasteiger partial charge < -0.3 is 15.7 Å². The quantitative estimate of drug-likeness (QED) is 0.801. The van der Waals surface area contributed by atoms with Gasteiger partial charge in [0, 0.05) is 12.6 Å². The minimum Gasteiger partial charge on any atom is -0.508 e. The molecule has 2 aliphatic rings. The second kappa shape index (κ2) is 5.18. The molecule has 3 N–H and O–H groups in total. The Morgan fingerprint density at radius 3 is 2.73 bits per heavy atom. The number of urea groups is 1. The summed E-state index contributed by atoms with van der Waals surface area (Å²) in [6.07, 6.45) is 3.57. The smallest absolute Gasteiger partial charge is 0.315 e. The van der Waals surface area contributed by atoms with E-state index in [0.29, 0.717) is 17.9 Å². The van der Waals surface area contributed by atoms with Crippen molar-refractivity contribution in [2.75, 3.05) is 0 Å². The van der Waals surface area contributed by atoms with Crippen LogP contribution < -0.4 is 10.6 Å². The number of carbonyl (C=O) groups excluding carboxylic acids is 1. The normalized spacial score (nSPS) is 32.0. The summed E-state index contributed by atoms with van der Waals surface area (Å²) >= 11 is 0. The molecule has 2 bridgehead atoms. The van der Waals surface area contributed by atoms with E-state index in [1.54, 1.807) is 18.2 Å². The first-order valence-electron chi connectivity index (χ1n) is 8.15. The number of carbonyl (C=O) groups is 1. The summed E-state index contributed by atoms with van der Waals surface area (Å²) in [5.41, 5.74) is 1.39. The minimum absolute atomic E-state index is 0.113. The SMILES string of the molecule is CC1(C)[C@H]2CC[C@@]1(C)[C@H](NC(=O)NCc1cccc(O)c1)C2. The molecule has 2 aliphatic carbocycles. The number of benzene rings is 1. The van der Waals surface area contributed by atoms with E-state index in [9.17, 15) is 9.90 Å². The van der Waals surface area contributed by atoms with E-state index in [0.717, 1.165) is 12.0 Å². The van der Waals surface area contributed by atoms with Crippen molar-refractivity contribution in [3.63, 3.8) is 0 Å². The van der Waals surface area contributed by atoms with Gasteiger partial charge in [0.25, 0.3) is 0 Å². The van der Waals surface area contributed by atoms with Crippen molar-refractivity contribution >= 4 is 6.03 Å². The van der Waals surface area contributed by atoms with Gasteiger partial charge in [0.2, 0.25) is 0 Å². The standard InChI is InChI=1S/C18H26N2O2/c1-17(2)13-7-8-18(17,3)15(10-13)20-16(22)19-11-12-5-4-6-14(21)9-12/h4-6,9,13,15,21H,7-8,10-11H2,1-3H3,(H2,19,20,22)/t13-,15+,18-/m0/s1. The highest BCUT2D eigenvalue weighted by Gasteiger charge is 2.61. The zero-order valence-corrected chi connectivity index (χ0v) is 13.6. The maximum absolute atomic E-state index is 12.2. The van der Waals surface area contributed by atoms with Crippen LogP contribution in [0.2, 0.25) is 0 Å². The fourth-order valence-corrected chi connectivity index (χ4v) is 4.48. The molecule has 120 valence electrons. The van der Waals surface area contributed by atoms with Gasteiger partial charge in [-0.25, -0.2) is 4.79 Å². The van der Waals surface area contributed by atoms with E-state index in [4.69, 9.17) is 0 Å². The van der Waals surface area contributed by atoms with Crippen molar-refractivity contribution in [2.45, 2.75) is 52.6 Å². The first kappa shape index (κ1) is 15.2. The molecule has 1 aromatic carbocycles. The Labute approximate surface area is 132 Å². The molecule has 4 heteroatoms. The highest BCUT2D eigenvalue weighted by molar-refractivity contribution is 5.74. The van der Waals surface area contributed by atoms with Gasteiger partial charge in [0.15, 0.2) is 0 Å². The lowest BCUT2D eigenvalue weighted by atomic mass is 9.69. The lowest BCUT2D eigenvalue weighted by molar-refractivity contribution is 0.123. The van der Waals surface area contributed by atoms with Crippen molar-refractivity contribution < 1.29 is 9.90 Å². The summed E-state index contributed by atoms with van der Waals surface area (Å²) in [4.78, 5) is 12.2. The Kier molecular flexibility index (Phi) is 3.58. The van der Waals surface area contributed by atoms with E-state index in [1.807, 2.05) is 6.07 Å². The summed E-state index contributed by atoms with van der Waals surface area (Å²) in [6.45, 7) is 7.44. The van der Waals surface area contributed by atoms with Crippen LogP contribution in [0.1, 0.15) is 45.6 Å². The molecule has 4 nitrogen and oxygen atoms in total. The van der Waals surface area contributed by atoms with Crippen molar-refractivity contribution in [1.29, 1.82) is 0 Å². The van der Waals surface area contributed by atoms with Crippen LogP contribution in [-0.2, 0) is 6.54 Å². The van der Waals surface area contributed by atoms with Gasteiger partial charge in [0.1, 0.15) is 5.75 Å². The Bertz CT molecular complexity index is 584. The number of fused-ring (bicyclic) bond motifs is 2. The Morgan fingerprint density at radius 1 is 1.36 bits per heavy atom. The lowest BCUT2D eigenvalue weighted by Gasteiger charge is -2.39. The fraction of sp³-hybridized carbons (Fsp3) is 0.611. The monoisotopic (exact) mass is 302 g/mol. The van der Waals surface area contributed by atoms with Crippen LogP contribution in [0, 0.1) is 16.7 Å². The predicted octanol–water partition coefficient (Wildman–Crippen LogP) is 3.41. The van der Waals surface area contributed by atoms with E-state index in [1.165, 1.54) is 12.8 Å². The maximum Gasteiger partial charge on any atom is 0.315 e. The fourth-order valence-electron chi connectivity index (χ4n) is 4.48. The zero-order chi connectivity index (χ0) is 16.0. The maximum atomic E-state index is 12.2. The van der Waals surface area contributed by atoms with Crippen LogP contribution in [0.3, 0.4) is 0 Å². The number of rotatable bonds is 3. The number of aromatic hydroxyl groups is 1. The average molecular weight is 302 g/mol. The predicted molar refractivity (Wildman–Crippen MR) is 86.5 cm³/mol. The summed E-state index contributed by atoms with van der Waals surface area (Å²) in [6, 6.07) is 7.11. The topological polar surface area (TPSA) is 61.4 Å². The van der Waals surface area contributed by atoms with Crippen molar-refractivity contribution in [3.05, 3.63) is 29.8 Å². The zero-order valence-electron chi connectivity index (χ0n) is 13.6. The summed E-state index contributed by atoms with van der Waals surface area (Å²) in [5, 5.41) is 15.5. The number of hydrogen-bond acceptors (Lipinski definition) is 2. The second-order valence-electron chi connectivity index (χ2n) is 7.66. The van der Waals surface area contributed by atoms with Gasteiger partial charge in [-0.3, -0.25) is 0 Å². The largest absolute Gasteiger partial charge is 0.508 e. The van der Waals surface area contributed by atoms with E-state index in [2.05, 4.69) is 31.4 Å². The van der Waals surface area contributed by atoms with E-state index in [-0.39, 0.29) is 23.2 Å². The van der Waals surface area contributed by atoms with Crippen LogP contribution in [-0.4, -0.2) is 17.2 Å². The molecule has 0 saturated heterocycles. The molecular weight excluding hydrogens is 276 g/mol. The molecular formula is C18H26N2O2. The molecule has 0 spiro atoms. The highest BCUT2D eigenvalue weighted by atomic mass is 16.3. The van der Waals surface area contributed by atoms with Gasteiger partial charge in [-0.2, -0.15) is 0 Å². The number of phenolic OH excluding ortho intramolecular Hbond substituents is 1. The van der Waals surface area contributed by atoms with Gasteiger partial charge in [0.05, 0.1) is 0 Å². The number of phenols is 1. The van der Waals surface area contributed by atoms with Crippen LogP contribution in [0.15, 0.2) is 24.3 Å². The van der Waals surface area contributed by atoms with E-state index >= 15 is 0 Å². The molecule has 3 atom stereocenters. The average Bonchev–Trinajstić information content (AvgIpc) is 2.78. The minimum atomic E-state index is -0.113. The second-order valence-corrected chi connectivity index (χ2v) is 7.66. The van der Waals surface area contributed by atoms with Crippen LogP contribution >= 0.6 is 0 Å². The summed E-state index contributed by atoms with van der Waals surface area (Å²) in [5.74, 6) is 0.941. The molecule has 3 rings (SSSR count). The Balaban J connectivity index is 1.57. The molecule has 0 aromatic heterocycles. The highest BCUT2D eigenvalue weighted by Crippen LogP contribution is 2.65. The molecule has 0 unspecified atom stereocenters. The molecule has 2 saturated carbocycles. The van der Waals surface area contributed by atoms with Crippen LogP contribution in [0.25, 0.3) is 0 Å². The molecule has 22 heavy (non-hydrogen) atoms. The molecule has 2 fully saturated rings. The first-order chi connectivity index (χ1) is 10.3. The molecule has 1 aromatic rings. The van der Waals surface area contributed by atoms with Gasteiger partial charge in [-0.1, -0.05) is 32.9 Å². The van der Waals surface area contributed by atoms with Crippen molar-refractivity contribution in [2.24, 2.45) is 16.7 Å². The number of amides is 2.